The number of hydrogen-bond acceptors (Lipinski definition) is 3. The number of nitrogens with zero attached hydrogens (tertiary/aromatic N) is 1. The molecule has 19 heavy (non-hydrogen) atoms. The fourth-order valence-corrected chi connectivity index (χ4v) is 2.68. The van der Waals surface area contributed by atoms with Crippen LogP contribution in [0, 0.1) is 0 Å². The van der Waals surface area contributed by atoms with Gasteiger partial charge in [-0.25, -0.2) is 0 Å². The van der Waals surface area contributed by atoms with Crippen LogP contribution < -0.4 is 5.32 Å². The topological polar surface area (TPSA) is 24.5 Å². The van der Waals surface area contributed by atoms with Gasteiger partial charge in [0.2, 0.25) is 0 Å². The highest BCUT2D eigenvalue weighted by Gasteiger charge is 2.20. The molecule has 1 unspecified atom stereocenters. The highest BCUT2D eigenvalue weighted by atomic mass is 16.5. The van der Waals surface area contributed by atoms with Crippen molar-refractivity contribution in [1.82, 2.24) is 10.2 Å². The van der Waals surface area contributed by atoms with Crippen LogP contribution in [0.2, 0.25) is 0 Å². The zero-order valence-corrected chi connectivity index (χ0v) is 11.8. The Kier molecular flexibility index (Phi) is 4.16. The Morgan fingerprint density at radius 3 is 2.95 bits per heavy atom. The van der Waals surface area contributed by atoms with E-state index in [0.29, 0.717) is 6.10 Å². The van der Waals surface area contributed by atoms with Crippen LogP contribution in [0.25, 0.3) is 0 Å². The zero-order chi connectivity index (χ0) is 13.1. The van der Waals surface area contributed by atoms with Gasteiger partial charge in [-0.2, -0.15) is 0 Å². The van der Waals surface area contributed by atoms with Gasteiger partial charge in [0.25, 0.3) is 0 Å². The molecule has 1 aromatic rings. The monoisotopic (exact) mass is 260 g/mol. The number of morpholine rings is 1. The van der Waals surface area contributed by atoms with Crippen molar-refractivity contribution in [2.24, 2.45) is 0 Å². The van der Waals surface area contributed by atoms with Crippen LogP contribution in [0.5, 0.6) is 0 Å². The second kappa shape index (κ2) is 6.04. The van der Waals surface area contributed by atoms with Crippen LogP contribution in [0.3, 0.4) is 0 Å². The summed E-state index contributed by atoms with van der Waals surface area (Å²) in [6.45, 7) is 7.18. The Morgan fingerprint density at radius 1 is 1.32 bits per heavy atom. The molecule has 0 spiro atoms. The molecule has 0 radical (unpaired) electrons. The minimum atomic E-state index is 0.369. The van der Waals surface area contributed by atoms with Gasteiger partial charge < -0.3 is 10.1 Å². The minimum Gasteiger partial charge on any atom is -0.376 e. The van der Waals surface area contributed by atoms with E-state index in [9.17, 15) is 0 Å². The van der Waals surface area contributed by atoms with Gasteiger partial charge in [-0.1, -0.05) is 24.3 Å². The largest absolute Gasteiger partial charge is 0.376 e. The lowest BCUT2D eigenvalue weighted by molar-refractivity contribution is -0.0212. The predicted molar refractivity (Wildman–Crippen MR) is 77.0 cm³/mol. The first kappa shape index (κ1) is 13.1. The lowest BCUT2D eigenvalue weighted by atomic mass is 10.1. The molecule has 3 heteroatoms. The quantitative estimate of drug-likeness (QED) is 0.878. The van der Waals surface area contributed by atoms with Crippen LogP contribution in [-0.2, 0) is 17.8 Å². The lowest BCUT2D eigenvalue weighted by Crippen LogP contribution is -2.40. The molecular formula is C16H24N2O. The fraction of sp³-hybridized carbons (Fsp3) is 0.625. The first-order valence-electron chi connectivity index (χ1n) is 7.45. The summed E-state index contributed by atoms with van der Waals surface area (Å²) in [6.07, 6.45) is 3.07. The van der Waals surface area contributed by atoms with Crippen molar-refractivity contribution in [3.63, 3.8) is 0 Å². The van der Waals surface area contributed by atoms with Gasteiger partial charge in [0.15, 0.2) is 0 Å². The van der Waals surface area contributed by atoms with Crippen molar-refractivity contribution in [3.8, 4) is 0 Å². The Morgan fingerprint density at radius 2 is 2.16 bits per heavy atom. The summed E-state index contributed by atoms with van der Waals surface area (Å²) in [7, 11) is 0. The predicted octanol–water partition coefficient (Wildman–Crippen LogP) is 2.16. The first-order valence-corrected chi connectivity index (χ1v) is 7.45. The van der Waals surface area contributed by atoms with Gasteiger partial charge in [-0.3, -0.25) is 4.90 Å². The summed E-state index contributed by atoms with van der Waals surface area (Å²) >= 11 is 0. The maximum atomic E-state index is 5.59. The van der Waals surface area contributed by atoms with E-state index in [0.717, 1.165) is 38.8 Å². The SMILES string of the molecule is CC1CN(Cc2cccc(CNC3CC3)c2)CCO1. The molecule has 0 bridgehead atoms. The zero-order valence-electron chi connectivity index (χ0n) is 11.8. The Labute approximate surface area is 115 Å². The summed E-state index contributed by atoms with van der Waals surface area (Å²) in [5, 5.41) is 3.58. The van der Waals surface area contributed by atoms with Crippen molar-refractivity contribution >= 4 is 0 Å². The third-order valence-electron chi connectivity index (χ3n) is 3.89. The fourth-order valence-electron chi connectivity index (χ4n) is 2.68. The summed E-state index contributed by atoms with van der Waals surface area (Å²) < 4.78 is 5.59. The number of rotatable bonds is 5. The van der Waals surface area contributed by atoms with Gasteiger partial charge in [-0.05, 0) is 30.9 Å². The van der Waals surface area contributed by atoms with Crippen LogP contribution in [-0.4, -0.2) is 36.7 Å². The highest BCUT2D eigenvalue weighted by Crippen LogP contribution is 2.19. The normalized spacial score (nSPS) is 24.6. The van der Waals surface area contributed by atoms with E-state index in [2.05, 4.69) is 41.4 Å². The molecule has 1 saturated heterocycles. The average molecular weight is 260 g/mol. The molecule has 1 aliphatic heterocycles. The molecule has 1 atom stereocenters. The second-order valence-corrected chi connectivity index (χ2v) is 5.89. The molecule has 3 rings (SSSR count). The van der Waals surface area contributed by atoms with Crippen molar-refractivity contribution < 1.29 is 4.74 Å². The standard InChI is InChI=1S/C16H24N2O/c1-13-11-18(7-8-19-13)12-15-4-2-3-14(9-15)10-17-16-5-6-16/h2-4,9,13,16-17H,5-8,10-12H2,1H3. The van der Waals surface area contributed by atoms with Crippen LogP contribution in [0.4, 0.5) is 0 Å². The molecule has 104 valence electrons. The third-order valence-corrected chi connectivity index (χ3v) is 3.89. The Bertz CT molecular complexity index is 417. The van der Waals surface area contributed by atoms with Gasteiger partial charge in [0.1, 0.15) is 0 Å². The molecule has 3 nitrogen and oxygen atoms in total. The molecular weight excluding hydrogens is 236 g/mol. The Balaban J connectivity index is 1.55. The van der Waals surface area contributed by atoms with Crippen LogP contribution >= 0.6 is 0 Å². The molecule has 1 saturated carbocycles. The van der Waals surface area contributed by atoms with Crippen LogP contribution in [0.15, 0.2) is 24.3 Å². The maximum Gasteiger partial charge on any atom is 0.0674 e. The van der Waals surface area contributed by atoms with E-state index in [1.165, 1.54) is 24.0 Å². The van der Waals surface area contributed by atoms with Crippen molar-refractivity contribution in [1.29, 1.82) is 0 Å². The van der Waals surface area contributed by atoms with Gasteiger partial charge >= 0.3 is 0 Å². The minimum absolute atomic E-state index is 0.369. The number of hydrogen-bond donors (Lipinski definition) is 1. The van der Waals surface area contributed by atoms with E-state index >= 15 is 0 Å². The summed E-state index contributed by atoms with van der Waals surface area (Å²) in [6, 6.07) is 9.77. The molecule has 1 aliphatic carbocycles. The molecule has 2 aliphatic rings. The summed E-state index contributed by atoms with van der Waals surface area (Å²) in [4.78, 5) is 2.49. The number of ether oxygens (including phenoxy) is 1. The van der Waals surface area contributed by atoms with Crippen molar-refractivity contribution in [2.75, 3.05) is 19.7 Å². The molecule has 1 aromatic carbocycles. The first-order chi connectivity index (χ1) is 9.29. The van der Waals surface area contributed by atoms with Gasteiger partial charge in [-0.15, -0.1) is 0 Å². The second-order valence-electron chi connectivity index (χ2n) is 5.89. The van der Waals surface area contributed by atoms with E-state index < -0.39 is 0 Å². The lowest BCUT2D eigenvalue weighted by Gasteiger charge is -2.31. The summed E-state index contributed by atoms with van der Waals surface area (Å²) in [5.41, 5.74) is 2.83. The third kappa shape index (κ3) is 4.03. The van der Waals surface area contributed by atoms with E-state index in [4.69, 9.17) is 4.74 Å². The number of nitrogens with one attached hydrogen (secondary N) is 1. The molecule has 1 N–H and O–H groups in total. The average Bonchev–Trinajstić information content (AvgIpc) is 3.21. The van der Waals surface area contributed by atoms with Crippen molar-refractivity contribution in [2.45, 2.75) is 45.0 Å². The van der Waals surface area contributed by atoms with Gasteiger partial charge in [0.05, 0.1) is 12.7 Å². The van der Waals surface area contributed by atoms with E-state index in [1.54, 1.807) is 0 Å². The van der Waals surface area contributed by atoms with Crippen molar-refractivity contribution in [3.05, 3.63) is 35.4 Å². The van der Waals surface area contributed by atoms with E-state index in [1.807, 2.05) is 0 Å². The molecule has 0 amide bonds. The smallest absolute Gasteiger partial charge is 0.0674 e. The molecule has 2 fully saturated rings. The molecule has 0 aromatic heterocycles. The van der Waals surface area contributed by atoms with E-state index in [-0.39, 0.29) is 0 Å². The maximum absolute atomic E-state index is 5.59. The Hall–Kier alpha value is -0.900. The van der Waals surface area contributed by atoms with Gasteiger partial charge in [0, 0.05) is 32.2 Å². The molecule has 1 heterocycles. The number of benzene rings is 1. The van der Waals surface area contributed by atoms with Crippen LogP contribution in [0.1, 0.15) is 30.9 Å². The summed E-state index contributed by atoms with van der Waals surface area (Å²) in [5.74, 6) is 0. The highest BCUT2D eigenvalue weighted by molar-refractivity contribution is 5.23.